The first-order chi connectivity index (χ1) is 15.9. The van der Waals surface area contributed by atoms with Crippen LogP contribution in [0.15, 0.2) is 24.3 Å². The molecule has 4 aliphatic rings. The molecule has 3 amide bonds. The van der Waals surface area contributed by atoms with Gasteiger partial charge in [-0.3, -0.25) is 4.79 Å². The Morgan fingerprint density at radius 1 is 1.24 bits per heavy atom. The second-order valence-corrected chi connectivity index (χ2v) is 10.5. The van der Waals surface area contributed by atoms with E-state index in [1.165, 1.54) is 12.1 Å². The highest BCUT2D eigenvalue weighted by atomic mass is 19.1. The van der Waals surface area contributed by atoms with Crippen LogP contribution in [-0.4, -0.2) is 82.2 Å². The zero-order chi connectivity index (χ0) is 23.2. The molecule has 0 unspecified atom stereocenters. The highest BCUT2D eigenvalue weighted by Crippen LogP contribution is 2.53. The van der Waals surface area contributed by atoms with Crippen LogP contribution in [0.5, 0.6) is 0 Å². The molecule has 3 heterocycles. The lowest BCUT2D eigenvalue weighted by molar-refractivity contribution is -0.149. The van der Waals surface area contributed by atoms with Crippen molar-refractivity contribution in [2.24, 2.45) is 5.41 Å². The Morgan fingerprint density at radius 2 is 2.06 bits per heavy atom. The van der Waals surface area contributed by atoms with Gasteiger partial charge in [-0.25, -0.2) is 9.18 Å². The van der Waals surface area contributed by atoms with Gasteiger partial charge in [-0.15, -0.1) is 0 Å². The third-order valence-corrected chi connectivity index (χ3v) is 8.42. The lowest BCUT2D eigenvalue weighted by Gasteiger charge is -2.50. The minimum absolute atomic E-state index is 0.000884. The quantitative estimate of drug-likeness (QED) is 0.727. The van der Waals surface area contributed by atoms with Gasteiger partial charge in [0.2, 0.25) is 5.91 Å². The number of hydrogen-bond donors (Lipinski definition) is 2. The van der Waals surface area contributed by atoms with Crippen LogP contribution in [-0.2, 0) is 4.79 Å². The van der Waals surface area contributed by atoms with Gasteiger partial charge in [-0.2, -0.15) is 0 Å². The van der Waals surface area contributed by atoms with Crippen LogP contribution >= 0.6 is 0 Å². The van der Waals surface area contributed by atoms with E-state index < -0.39 is 11.9 Å². The first-order valence-corrected chi connectivity index (χ1v) is 12.4. The standard InChI is InChI=1S/C25H35FN4O3/c1-17-23(32)30-20(8-12-28-13-11-25(9-10-25)22(31)16-28)6-3-7-21(30)15-29(17)24(33)27-19-5-2-4-18(26)14-19/h2,4-5,14,17,20-22,31H,3,6-13,15-16H2,1H3,(H,27,33)/t17-,20+,21-,22+/m0/s1. The SMILES string of the molecule is C[C@H]1C(=O)N2[C@@H](CCN3CCC4(CC4)[C@H](O)C3)CCC[C@H]2CN1C(=O)Nc1cccc(F)c1. The number of fused-ring (bicyclic) bond motifs is 1. The van der Waals surface area contributed by atoms with Crippen molar-refractivity contribution >= 4 is 17.6 Å². The number of benzene rings is 1. The molecule has 4 atom stereocenters. The number of carbonyl (C=O) groups is 2. The molecule has 8 heteroatoms. The van der Waals surface area contributed by atoms with Gasteiger partial charge in [-0.05, 0) is 82.0 Å². The van der Waals surface area contributed by atoms with Crippen molar-refractivity contribution < 1.29 is 19.1 Å². The molecule has 1 aromatic carbocycles. The predicted molar refractivity (Wildman–Crippen MR) is 123 cm³/mol. The summed E-state index contributed by atoms with van der Waals surface area (Å²) in [6, 6.07) is 5.09. The molecule has 0 radical (unpaired) electrons. The highest BCUT2D eigenvalue weighted by molar-refractivity contribution is 5.94. The van der Waals surface area contributed by atoms with Crippen molar-refractivity contribution in [2.45, 2.75) is 76.1 Å². The molecular formula is C25H35FN4O3. The Kier molecular flexibility index (Phi) is 6.07. The van der Waals surface area contributed by atoms with Crippen LogP contribution in [0.4, 0.5) is 14.9 Å². The number of carbonyl (C=O) groups excluding carboxylic acids is 2. The fraction of sp³-hybridized carbons (Fsp3) is 0.680. The maximum atomic E-state index is 13.5. The minimum atomic E-state index is -0.554. The van der Waals surface area contributed by atoms with Crippen molar-refractivity contribution in [3.63, 3.8) is 0 Å². The molecule has 5 rings (SSSR count). The monoisotopic (exact) mass is 458 g/mol. The summed E-state index contributed by atoms with van der Waals surface area (Å²) in [6.07, 6.45) is 7.02. The molecule has 1 spiro atoms. The zero-order valence-corrected chi connectivity index (χ0v) is 19.4. The van der Waals surface area contributed by atoms with Crippen molar-refractivity contribution in [1.29, 1.82) is 0 Å². The van der Waals surface area contributed by atoms with Crippen LogP contribution in [0.2, 0.25) is 0 Å². The normalized spacial score (nSPS) is 31.4. The molecule has 1 saturated carbocycles. The van der Waals surface area contributed by atoms with E-state index in [-0.39, 0.29) is 35.5 Å². The van der Waals surface area contributed by atoms with E-state index in [0.29, 0.717) is 12.2 Å². The number of aliphatic hydroxyl groups excluding tert-OH is 1. The molecule has 33 heavy (non-hydrogen) atoms. The number of halogens is 1. The summed E-state index contributed by atoms with van der Waals surface area (Å²) in [5, 5.41) is 13.2. The van der Waals surface area contributed by atoms with Gasteiger partial charge in [0.05, 0.1) is 6.10 Å². The smallest absolute Gasteiger partial charge is 0.322 e. The van der Waals surface area contributed by atoms with Gasteiger partial charge in [0, 0.05) is 37.4 Å². The number of nitrogens with one attached hydrogen (secondary N) is 1. The average Bonchev–Trinajstić information content (AvgIpc) is 3.57. The summed E-state index contributed by atoms with van der Waals surface area (Å²) in [5.74, 6) is -0.411. The van der Waals surface area contributed by atoms with E-state index in [9.17, 15) is 19.1 Å². The van der Waals surface area contributed by atoms with Gasteiger partial charge in [0.25, 0.3) is 0 Å². The third kappa shape index (κ3) is 4.47. The molecule has 0 aromatic heterocycles. The number of β-amino-alcohol motifs (C(OH)–C–C–N with tert-alkyl or cyclic N) is 1. The first-order valence-electron chi connectivity index (χ1n) is 12.4. The number of urea groups is 1. The molecule has 1 aliphatic carbocycles. The van der Waals surface area contributed by atoms with Crippen LogP contribution < -0.4 is 5.32 Å². The molecule has 3 saturated heterocycles. The molecule has 4 fully saturated rings. The lowest BCUT2D eigenvalue weighted by Crippen LogP contribution is -2.66. The Morgan fingerprint density at radius 3 is 2.79 bits per heavy atom. The summed E-state index contributed by atoms with van der Waals surface area (Å²) in [7, 11) is 0. The molecule has 3 aliphatic heterocycles. The van der Waals surface area contributed by atoms with Crippen LogP contribution in [0.1, 0.15) is 51.9 Å². The predicted octanol–water partition coefficient (Wildman–Crippen LogP) is 3.05. The second-order valence-electron chi connectivity index (χ2n) is 10.5. The number of piperazine rings is 1. The Balaban J connectivity index is 1.20. The number of aliphatic hydroxyl groups is 1. The van der Waals surface area contributed by atoms with E-state index in [2.05, 4.69) is 10.2 Å². The summed E-state index contributed by atoms with van der Waals surface area (Å²) in [4.78, 5) is 32.3. The van der Waals surface area contributed by atoms with E-state index in [4.69, 9.17) is 0 Å². The summed E-state index contributed by atoms with van der Waals surface area (Å²) in [5.41, 5.74) is 0.598. The number of nitrogens with zero attached hydrogens (tertiary/aromatic N) is 3. The van der Waals surface area contributed by atoms with Crippen LogP contribution in [0.25, 0.3) is 0 Å². The van der Waals surface area contributed by atoms with Crippen LogP contribution in [0, 0.1) is 11.2 Å². The van der Waals surface area contributed by atoms with E-state index in [0.717, 1.165) is 64.6 Å². The first kappa shape index (κ1) is 22.6. The Labute approximate surface area is 194 Å². The maximum absolute atomic E-state index is 13.5. The third-order valence-electron chi connectivity index (χ3n) is 8.42. The van der Waals surface area contributed by atoms with Gasteiger partial charge in [0.1, 0.15) is 11.9 Å². The Bertz CT molecular complexity index is 907. The molecule has 7 nitrogen and oxygen atoms in total. The largest absolute Gasteiger partial charge is 0.391 e. The average molecular weight is 459 g/mol. The highest BCUT2D eigenvalue weighted by Gasteiger charge is 2.51. The number of amides is 3. The fourth-order valence-corrected chi connectivity index (χ4v) is 6.10. The second kappa shape index (κ2) is 8.87. The van der Waals surface area contributed by atoms with E-state index in [1.807, 2.05) is 4.90 Å². The van der Waals surface area contributed by atoms with Crippen molar-refractivity contribution in [1.82, 2.24) is 14.7 Å². The Hall–Kier alpha value is -2.19. The van der Waals surface area contributed by atoms with Gasteiger partial charge in [-0.1, -0.05) is 6.07 Å². The van der Waals surface area contributed by atoms with Crippen molar-refractivity contribution in [2.75, 3.05) is 31.5 Å². The number of rotatable bonds is 4. The number of anilines is 1. The van der Waals surface area contributed by atoms with Gasteiger partial charge < -0.3 is 25.1 Å². The number of piperidine rings is 2. The summed E-state index contributed by atoms with van der Waals surface area (Å²) < 4.78 is 13.5. The van der Waals surface area contributed by atoms with Gasteiger partial charge >= 0.3 is 6.03 Å². The molecular weight excluding hydrogens is 423 g/mol. The number of hydrogen-bond acceptors (Lipinski definition) is 4. The lowest BCUT2D eigenvalue weighted by atomic mass is 9.88. The summed E-state index contributed by atoms with van der Waals surface area (Å²) >= 11 is 0. The van der Waals surface area contributed by atoms with Crippen molar-refractivity contribution in [3.05, 3.63) is 30.1 Å². The van der Waals surface area contributed by atoms with Gasteiger partial charge in [0.15, 0.2) is 0 Å². The topological polar surface area (TPSA) is 76.1 Å². The molecule has 2 N–H and O–H groups in total. The minimum Gasteiger partial charge on any atom is -0.391 e. The molecule has 0 bridgehead atoms. The van der Waals surface area contributed by atoms with Crippen LogP contribution in [0.3, 0.4) is 0 Å². The van der Waals surface area contributed by atoms with E-state index in [1.54, 1.807) is 24.0 Å². The zero-order valence-electron chi connectivity index (χ0n) is 19.4. The van der Waals surface area contributed by atoms with E-state index >= 15 is 0 Å². The summed E-state index contributed by atoms with van der Waals surface area (Å²) in [6.45, 7) is 4.95. The number of likely N-dealkylation sites (tertiary alicyclic amines) is 1. The molecule has 180 valence electrons. The maximum Gasteiger partial charge on any atom is 0.322 e. The molecule has 1 aromatic rings. The van der Waals surface area contributed by atoms with Crippen molar-refractivity contribution in [3.8, 4) is 0 Å². The fourth-order valence-electron chi connectivity index (χ4n) is 6.10.